The molecule has 1 aliphatic rings. The molecule has 1 aromatic heterocycles. The lowest BCUT2D eigenvalue weighted by atomic mass is 10.1. The minimum absolute atomic E-state index is 0.227. The maximum Gasteiger partial charge on any atom is 0.337 e. The van der Waals surface area contributed by atoms with Crippen molar-refractivity contribution in [3.63, 3.8) is 0 Å². The number of hydrogen-bond acceptors (Lipinski definition) is 6. The van der Waals surface area contributed by atoms with E-state index in [1.165, 1.54) is 7.11 Å². The van der Waals surface area contributed by atoms with Crippen LogP contribution in [-0.4, -0.2) is 52.5 Å². The predicted octanol–water partition coefficient (Wildman–Crippen LogP) is 0.664. The third-order valence-corrected chi connectivity index (χ3v) is 3.45. The van der Waals surface area contributed by atoms with Crippen molar-refractivity contribution in [3.8, 4) is 11.3 Å². The average Bonchev–Trinajstić information content (AvgIpc) is 3.15. The molecule has 1 N–H and O–H groups in total. The fraction of sp³-hybridized carbons (Fsp3) is 0.357. The van der Waals surface area contributed by atoms with Gasteiger partial charge in [-0.2, -0.15) is 0 Å². The summed E-state index contributed by atoms with van der Waals surface area (Å²) in [6.07, 6.45) is 1.15. The Balaban J connectivity index is 1.88. The molecule has 0 bridgehead atoms. The lowest BCUT2D eigenvalue weighted by molar-refractivity contribution is 0.0601. The van der Waals surface area contributed by atoms with Crippen LogP contribution >= 0.6 is 0 Å². The average molecular weight is 289 g/mol. The number of aliphatic hydroxyl groups excluding tert-OH is 1. The van der Waals surface area contributed by atoms with Gasteiger partial charge in [-0.15, -0.1) is 5.10 Å². The molecule has 3 rings (SSSR count). The molecule has 110 valence electrons. The second-order valence-corrected chi connectivity index (χ2v) is 4.83. The largest absolute Gasteiger partial charge is 0.465 e. The first-order valence-electron chi connectivity index (χ1n) is 6.55. The van der Waals surface area contributed by atoms with Crippen LogP contribution in [0.4, 0.5) is 0 Å². The Hall–Kier alpha value is -2.25. The number of methoxy groups -OCH3 is 1. The molecule has 2 atom stereocenters. The zero-order valence-electron chi connectivity index (χ0n) is 11.5. The number of ether oxygens (including phenoxy) is 2. The topological polar surface area (TPSA) is 86.5 Å². The van der Waals surface area contributed by atoms with E-state index in [4.69, 9.17) is 9.47 Å². The number of carbonyl (C=O) groups is 1. The highest BCUT2D eigenvalue weighted by molar-refractivity contribution is 5.90. The SMILES string of the molecule is COC(=O)c1cccc(-c2cn([C@@H]3COC[C@H]3O)nn2)c1. The number of benzene rings is 1. The first kappa shape index (κ1) is 13.7. The second-order valence-electron chi connectivity index (χ2n) is 4.83. The Kier molecular flexibility index (Phi) is 3.68. The Morgan fingerprint density at radius 1 is 1.48 bits per heavy atom. The number of rotatable bonds is 3. The van der Waals surface area contributed by atoms with Crippen molar-refractivity contribution in [2.24, 2.45) is 0 Å². The summed E-state index contributed by atoms with van der Waals surface area (Å²) in [5, 5.41) is 17.9. The van der Waals surface area contributed by atoms with E-state index in [2.05, 4.69) is 10.3 Å². The standard InChI is InChI=1S/C14H15N3O4/c1-20-14(19)10-4-2-3-9(5-10)11-6-17(16-15-11)12-7-21-8-13(12)18/h2-6,12-13,18H,7-8H2,1H3/t12-,13-/m1/s1. The summed E-state index contributed by atoms with van der Waals surface area (Å²) in [6, 6.07) is 6.74. The molecule has 7 heteroatoms. The van der Waals surface area contributed by atoms with Gasteiger partial charge in [0, 0.05) is 5.56 Å². The quantitative estimate of drug-likeness (QED) is 0.835. The van der Waals surface area contributed by atoms with Gasteiger partial charge in [-0.3, -0.25) is 0 Å². The van der Waals surface area contributed by atoms with Gasteiger partial charge in [0.1, 0.15) is 17.8 Å². The van der Waals surface area contributed by atoms with Gasteiger partial charge in [-0.05, 0) is 12.1 Å². The maximum atomic E-state index is 11.5. The number of nitrogens with zero attached hydrogens (tertiary/aromatic N) is 3. The van der Waals surface area contributed by atoms with E-state index in [1.54, 1.807) is 29.1 Å². The molecular weight excluding hydrogens is 274 g/mol. The van der Waals surface area contributed by atoms with Crippen molar-refractivity contribution in [2.75, 3.05) is 20.3 Å². The van der Waals surface area contributed by atoms with Crippen molar-refractivity contribution >= 4 is 5.97 Å². The summed E-state index contributed by atoms with van der Waals surface area (Å²) in [5.41, 5.74) is 1.84. The van der Waals surface area contributed by atoms with Gasteiger partial charge in [-0.1, -0.05) is 17.3 Å². The van der Waals surface area contributed by atoms with Crippen LogP contribution in [-0.2, 0) is 9.47 Å². The molecule has 1 aromatic carbocycles. The molecule has 1 fully saturated rings. The number of aliphatic hydroxyl groups is 1. The van der Waals surface area contributed by atoms with Crippen LogP contribution in [0, 0.1) is 0 Å². The highest BCUT2D eigenvalue weighted by Crippen LogP contribution is 2.23. The molecule has 0 unspecified atom stereocenters. The van der Waals surface area contributed by atoms with E-state index in [0.717, 1.165) is 5.56 Å². The van der Waals surface area contributed by atoms with E-state index in [9.17, 15) is 9.90 Å². The van der Waals surface area contributed by atoms with Crippen molar-refractivity contribution in [2.45, 2.75) is 12.1 Å². The van der Waals surface area contributed by atoms with Crippen LogP contribution in [0.2, 0.25) is 0 Å². The zero-order chi connectivity index (χ0) is 14.8. The number of esters is 1. The Labute approximate surface area is 121 Å². The van der Waals surface area contributed by atoms with E-state index in [0.29, 0.717) is 24.5 Å². The molecule has 0 radical (unpaired) electrons. The van der Waals surface area contributed by atoms with Crippen LogP contribution in [0.5, 0.6) is 0 Å². The molecule has 0 spiro atoms. The molecule has 21 heavy (non-hydrogen) atoms. The fourth-order valence-electron chi connectivity index (χ4n) is 2.28. The molecule has 2 aromatic rings. The van der Waals surface area contributed by atoms with Gasteiger partial charge in [0.2, 0.25) is 0 Å². The molecule has 0 saturated carbocycles. The predicted molar refractivity (Wildman–Crippen MR) is 72.7 cm³/mol. The summed E-state index contributed by atoms with van der Waals surface area (Å²) in [5.74, 6) is -0.399. The van der Waals surface area contributed by atoms with Crippen LogP contribution in [0.1, 0.15) is 16.4 Å². The van der Waals surface area contributed by atoms with Gasteiger partial charge in [0.15, 0.2) is 0 Å². The third kappa shape index (κ3) is 2.65. The molecule has 1 aliphatic heterocycles. The summed E-state index contributed by atoms with van der Waals surface area (Å²) in [6.45, 7) is 0.712. The number of carbonyl (C=O) groups excluding carboxylic acids is 1. The van der Waals surface area contributed by atoms with E-state index < -0.39 is 12.1 Å². The van der Waals surface area contributed by atoms with Gasteiger partial charge in [0.05, 0.1) is 32.1 Å². The highest BCUT2D eigenvalue weighted by Gasteiger charge is 2.29. The molecule has 1 saturated heterocycles. The normalized spacial score (nSPS) is 21.4. The van der Waals surface area contributed by atoms with Crippen LogP contribution in [0.15, 0.2) is 30.5 Å². The Morgan fingerprint density at radius 3 is 3.05 bits per heavy atom. The van der Waals surface area contributed by atoms with E-state index in [1.807, 2.05) is 6.07 Å². The first-order chi connectivity index (χ1) is 10.2. The van der Waals surface area contributed by atoms with Crippen LogP contribution < -0.4 is 0 Å². The highest BCUT2D eigenvalue weighted by atomic mass is 16.5. The summed E-state index contributed by atoms with van der Waals surface area (Å²) in [7, 11) is 1.34. The zero-order valence-corrected chi connectivity index (χ0v) is 11.5. The van der Waals surface area contributed by atoms with Gasteiger partial charge in [0.25, 0.3) is 0 Å². The number of hydrogen-bond donors (Lipinski definition) is 1. The molecular formula is C14H15N3O4. The number of aromatic nitrogens is 3. The third-order valence-electron chi connectivity index (χ3n) is 3.45. The van der Waals surface area contributed by atoms with Gasteiger partial charge < -0.3 is 14.6 Å². The summed E-state index contributed by atoms with van der Waals surface area (Å²) < 4.78 is 11.5. The Bertz CT molecular complexity index is 655. The van der Waals surface area contributed by atoms with Crippen molar-refractivity contribution in [3.05, 3.63) is 36.0 Å². The molecule has 0 amide bonds. The van der Waals surface area contributed by atoms with Crippen LogP contribution in [0.3, 0.4) is 0 Å². The minimum Gasteiger partial charge on any atom is -0.465 e. The van der Waals surface area contributed by atoms with Crippen molar-refractivity contribution in [1.29, 1.82) is 0 Å². The fourth-order valence-corrected chi connectivity index (χ4v) is 2.28. The van der Waals surface area contributed by atoms with Crippen LogP contribution in [0.25, 0.3) is 11.3 Å². The van der Waals surface area contributed by atoms with E-state index >= 15 is 0 Å². The minimum atomic E-state index is -0.582. The van der Waals surface area contributed by atoms with Gasteiger partial charge >= 0.3 is 5.97 Å². The second kappa shape index (κ2) is 5.63. The molecule has 2 heterocycles. The molecule has 0 aliphatic carbocycles. The first-order valence-corrected chi connectivity index (χ1v) is 6.55. The van der Waals surface area contributed by atoms with E-state index in [-0.39, 0.29) is 6.04 Å². The Morgan fingerprint density at radius 2 is 2.33 bits per heavy atom. The monoisotopic (exact) mass is 289 g/mol. The van der Waals surface area contributed by atoms with Crippen molar-refractivity contribution < 1.29 is 19.4 Å². The smallest absolute Gasteiger partial charge is 0.337 e. The summed E-state index contributed by atoms with van der Waals surface area (Å²) in [4.78, 5) is 11.5. The van der Waals surface area contributed by atoms with Gasteiger partial charge in [-0.25, -0.2) is 9.48 Å². The molecule has 7 nitrogen and oxygen atoms in total. The lowest BCUT2D eigenvalue weighted by Crippen LogP contribution is -2.22. The summed E-state index contributed by atoms with van der Waals surface area (Å²) >= 11 is 0. The van der Waals surface area contributed by atoms with Crippen molar-refractivity contribution in [1.82, 2.24) is 15.0 Å². The maximum absolute atomic E-state index is 11.5. The lowest BCUT2D eigenvalue weighted by Gasteiger charge is -2.10.